The first kappa shape index (κ1) is 13.2. The van der Waals surface area contributed by atoms with Gasteiger partial charge in [-0.25, -0.2) is 0 Å². The Labute approximate surface area is 116 Å². The first-order valence-electron chi connectivity index (χ1n) is 7.98. The van der Waals surface area contributed by atoms with Crippen molar-refractivity contribution in [2.24, 2.45) is 5.92 Å². The van der Waals surface area contributed by atoms with E-state index >= 15 is 0 Å². The second-order valence-electron chi connectivity index (χ2n) is 6.50. The highest BCUT2D eigenvalue weighted by Crippen LogP contribution is 2.40. The minimum absolute atomic E-state index is 0.462. The van der Waals surface area contributed by atoms with Crippen molar-refractivity contribution in [1.29, 1.82) is 0 Å². The normalized spacial score (nSPS) is 32.2. The number of rotatable bonds is 4. The highest BCUT2D eigenvalue weighted by Gasteiger charge is 2.40. The molecule has 0 aliphatic heterocycles. The molecule has 0 bridgehead atoms. The van der Waals surface area contributed by atoms with Gasteiger partial charge in [0.1, 0.15) is 0 Å². The second kappa shape index (κ2) is 5.28. The Kier molecular flexibility index (Phi) is 3.66. The predicted molar refractivity (Wildman–Crippen MR) is 76.0 cm³/mol. The summed E-state index contributed by atoms with van der Waals surface area (Å²) in [4.78, 5) is 0. The molecular formula is C16H26N2O. The van der Waals surface area contributed by atoms with E-state index in [9.17, 15) is 5.11 Å². The molecular weight excluding hydrogens is 236 g/mol. The van der Waals surface area contributed by atoms with Crippen LogP contribution >= 0.6 is 0 Å². The first-order valence-corrected chi connectivity index (χ1v) is 7.98. The molecule has 2 fully saturated rings. The number of aromatic nitrogens is 2. The summed E-state index contributed by atoms with van der Waals surface area (Å²) >= 11 is 0. The molecule has 0 aromatic carbocycles. The van der Waals surface area contributed by atoms with E-state index in [-0.39, 0.29) is 0 Å². The lowest BCUT2D eigenvalue weighted by Gasteiger charge is -2.28. The van der Waals surface area contributed by atoms with Crippen LogP contribution in [0.4, 0.5) is 0 Å². The quantitative estimate of drug-likeness (QED) is 0.902. The zero-order valence-electron chi connectivity index (χ0n) is 12.0. The fraction of sp³-hybridized carbons (Fsp3) is 0.812. The molecule has 3 heteroatoms. The van der Waals surface area contributed by atoms with Gasteiger partial charge < -0.3 is 5.11 Å². The smallest absolute Gasteiger partial charge is 0.0731 e. The van der Waals surface area contributed by atoms with Crippen LogP contribution in [-0.2, 0) is 6.42 Å². The molecule has 19 heavy (non-hydrogen) atoms. The van der Waals surface area contributed by atoms with Crippen LogP contribution in [0, 0.1) is 5.92 Å². The van der Waals surface area contributed by atoms with Crippen LogP contribution in [0.5, 0.6) is 0 Å². The van der Waals surface area contributed by atoms with Gasteiger partial charge >= 0.3 is 0 Å². The Hall–Kier alpha value is -0.830. The summed E-state index contributed by atoms with van der Waals surface area (Å²) in [5.74, 6) is 0.462. The van der Waals surface area contributed by atoms with Crippen molar-refractivity contribution in [3.63, 3.8) is 0 Å². The van der Waals surface area contributed by atoms with Gasteiger partial charge in [0, 0.05) is 12.6 Å². The maximum atomic E-state index is 10.8. The lowest BCUT2D eigenvalue weighted by atomic mass is 9.85. The molecule has 0 spiro atoms. The van der Waals surface area contributed by atoms with Crippen LogP contribution in [0.15, 0.2) is 12.3 Å². The van der Waals surface area contributed by atoms with Crippen LogP contribution in [-0.4, -0.2) is 20.5 Å². The van der Waals surface area contributed by atoms with Crippen molar-refractivity contribution in [2.75, 3.05) is 0 Å². The molecule has 3 rings (SSSR count). The topological polar surface area (TPSA) is 38.0 Å². The third-order valence-corrected chi connectivity index (χ3v) is 5.26. The molecule has 106 valence electrons. The van der Waals surface area contributed by atoms with Crippen LogP contribution in [0.3, 0.4) is 0 Å². The molecule has 2 atom stereocenters. The summed E-state index contributed by atoms with van der Waals surface area (Å²) in [6.45, 7) is 2.19. The van der Waals surface area contributed by atoms with Gasteiger partial charge in [-0.05, 0) is 37.7 Å². The number of nitrogens with zero attached hydrogens (tertiary/aromatic N) is 2. The molecule has 1 aromatic heterocycles. The molecule has 0 amide bonds. The van der Waals surface area contributed by atoms with Crippen molar-refractivity contribution in [1.82, 2.24) is 9.78 Å². The Morgan fingerprint density at radius 3 is 2.84 bits per heavy atom. The molecule has 1 aromatic rings. The summed E-state index contributed by atoms with van der Waals surface area (Å²) in [6, 6.07) is 2.72. The van der Waals surface area contributed by atoms with Crippen LogP contribution < -0.4 is 0 Å². The second-order valence-corrected chi connectivity index (χ2v) is 6.50. The van der Waals surface area contributed by atoms with E-state index in [1.807, 2.05) is 0 Å². The van der Waals surface area contributed by atoms with Gasteiger partial charge in [-0.15, -0.1) is 0 Å². The average molecular weight is 262 g/mol. The lowest BCUT2D eigenvalue weighted by Crippen LogP contribution is -2.35. The number of aliphatic hydroxyl groups is 1. The Bertz CT molecular complexity index is 422. The fourth-order valence-electron chi connectivity index (χ4n) is 4.10. The zero-order chi connectivity index (χ0) is 13.3. The molecule has 2 saturated carbocycles. The third-order valence-electron chi connectivity index (χ3n) is 5.26. The number of hydrogen-bond acceptors (Lipinski definition) is 2. The van der Waals surface area contributed by atoms with E-state index in [0.29, 0.717) is 12.0 Å². The molecule has 2 aliphatic rings. The summed E-state index contributed by atoms with van der Waals surface area (Å²) in [6.07, 6.45) is 12.4. The minimum atomic E-state index is -0.496. The SMILES string of the molecule is CCC1CCCC1(O)Cc1ccn(C2CCCC2)n1. The van der Waals surface area contributed by atoms with Gasteiger partial charge in [-0.3, -0.25) is 4.68 Å². The van der Waals surface area contributed by atoms with Crippen molar-refractivity contribution in [3.8, 4) is 0 Å². The van der Waals surface area contributed by atoms with Gasteiger partial charge in [-0.1, -0.05) is 32.6 Å². The van der Waals surface area contributed by atoms with E-state index in [0.717, 1.165) is 25.0 Å². The van der Waals surface area contributed by atoms with Gasteiger partial charge in [0.25, 0.3) is 0 Å². The van der Waals surface area contributed by atoms with E-state index in [1.165, 1.54) is 38.5 Å². The highest BCUT2D eigenvalue weighted by atomic mass is 16.3. The molecule has 0 radical (unpaired) electrons. The van der Waals surface area contributed by atoms with Gasteiger partial charge in [0.2, 0.25) is 0 Å². The van der Waals surface area contributed by atoms with Crippen LogP contribution in [0.1, 0.15) is 70.0 Å². The van der Waals surface area contributed by atoms with Gasteiger partial charge in [-0.2, -0.15) is 5.10 Å². The van der Waals surface area contributed by atoms with E-state index in [2.05, 4.69) is 23.9 Å². The largest absolute Gasteiger partial charge is 0.389 e. The standard InChI is InChI=1S/C16H26N2O/c1-2-13-6-5-10-16(13,19)12-14-9-11-18(17-14)15-7-3-4-8-15/h9,11,13,15,19H,2-8,10,12H2,1H3. The first-order chi connectivity index (χ1) is 9.21. The average Bonchev–Trinajstić information content (AvgIpc) is 3.08. The summed E-state index contributed by atoms with van der Waals surface area (Å²) in [7, 11) is 0. The predicted octanol–water partition coefficient (Wildman–Crippen LogP) is 3.48. The maximum Gasteiger partial charge on any atom is 0.0731 e. The van der Waals surface area contributed by atoms with Crippen LogP contribution in [0.2, 0.25) is 0 Å². The molecule has 1 heterocycles. The fourth-order valence-corrected chi connectivity index (χ4v) is 4.10. The summed E-state index contributed by atoms with van der Waals surface area (Å²) in [5, 5.41) is 15.6. The van der Waals surface area contributed by atoms with Crippen molar-refractivity contribution in [2.45, 2.75) is 76.4 Å². The van der Waals surface area contributed by atoms with Crippen molar-refractivity contribution >= 4 is 0 Å². The molecule has 2 aliphatic carbocycles. The Morgan fingerprint density at radius 1 is 1.32 bits per heavy atom. The Balaban J connectivity index is 1.69. The highest BCUT2D eigenvalue weighted by molar-refractivity contribution is 5.07. The third kappa shape index (κ3) is 2.58. The summed E-state index contributed by atoms with van der Waals surface area (Å²) < 4.78 is 2.14. The zero-order valence-corrected chi connectivity index (χ0v) is 12.0. The monoisotopic (exact) mass is 262 g/mol. The van der Waals surface area contributed by atoms with Crippen molar-refractivity contribution < 1.29 is 5.11 Å². The number of hydrogen-bond donors (Lipinski definition) is 1. The van der Waals surface area contributed by atoms with E-state index < -0.39 is 5.60 Å². The lowest BCUT2D eigenvalue weighted by molar-refractivity contribution is 0.000481. The Morgan fingerprint density at radius 2 is 2.11 bits per heavy atom. The maximum absolute atomic E-state index is 10.8. The molecule has 1 N–H and O–H groups in total. The summed E-state index contributed by atoms with van der Waals surface area (Å²) in [5.41, 5.74) is 0.582. The van der Waals surface area contributed by atoms with Crippen molar-refractivity contribution in [3.05, 3.63) is 18.0 Å². The van der Waals surface area contributed by atoms with Crippen LogP contribution in [0.25, 0.3) is 0 Å². The molecule has 3 nitrogen and oxygen atoms in total. The van der Waals surface area contributed by atoms with E-state index in [1.54, 1.807) is 0 Å². The van der Waals surface area contributed by atoms with Gasteiger partial charge in [0.15, 0.2) is 0 Å². The van der Waals surface area contributed by atoms with Gasteiger partial charge in [0.05, 0.1) is 17.3 Å². The minimum Gasteiger partial charge on any atom is -0.389 e. The molecule has 2 unspecified atom stereocenters. The van der Waals surface area contributed by atoms with E-state index in [4.69, 9.17) is 5.10 Å². The molecule has 0 saturated heterocycles.